The van der Waals surface area contributed by atoms with E-state index in [9.17, 15) is 19.5 Å². The zero-order valence-electron chi connectivity index (χ0n) is 20.9. The van der Waals surface area contributed by atoms with Gasteiger partial charge in [0.2, 0.25) is 5.91 Å². The molecule has 1 unspecified atom stereocenters. The van der Waals surface area contributed by atoms with Gasteiger partial charge >= 0.3 is 5.97 Å². The molecule has 4 rings (SSSR count). The third kappa shape index (κ3) is 4.97. The number of anilines is 1. The highest BCUT2D eigenvalue weighted by molar-refractivity contribution is 9.10. The summed E-state index contributed by atoms with van der Waals surface area (Å²) in [6, 6.07) is 14.7. The maximum atomic E-state index is 13.1. The maximum Gasteiger partial charge on any atom is 0.338 e. The van der Waals surface area contributed by atoms with Gasteiger partial charge < -0.3 is 20.7 Å². The third-order valence-electron chi connectivity index (χ3n) is 6.73. The molecule has 2 amide bonds. The van der Waals surface area contributed by atoms with Crippen LogP contribution in [0.4, 0.5) is 5.69 Å². The molecule has 1 aliphatic heterocycles. The minimum atomic E-state index is -1.09. The lowest BCUT2D eigenvalue weighted by molar-refractivity contribution is -0.120. The Kier molecular flexibility index (Phi) is 7.65. The van der Waals surface area contributed by atoms with Gasteiger partial charge in [-0.25, -0.2) is 4.79 Å². The zero-order valence-corrected chi connectivity index (χ0v) is 22.5. The number of aromatic nitrogens is 1. The summed E-state index contributed by atoms with van der Waals surface area (Å²) in [5.74, 6) is -1.88. The summed E-state index contributed by atoms with van der Waals surface area (Å²) in [6.45, 7) is 6.91. The van der Waals surface area contributed by atoms with Gasteiger partial charge in [-0.05, 0) is 49.9 Å². The van der Waals surface area contributed by atoms with Crippen LogP contribution in [0.3, 0.4) is 0 Å². The number of carboxylic acids is 1. The fourth-order valence-electron chi connectivity index (χ4n) is 5.06. The molecule has 4 N–H and O–H groups in total. The van der Waals surface area contributed by atoms with E-state index in [0.717, 1.165) is 4.47 Å². The summed E-state index contributed by atoms with van der Waals surface area (Å²) in [6.07, 6.45) is 1.17. The average Bonchev–Trinajstić information content (AvgIpc) is 3.32. The molecule has 0 aliphatic carbocycles. The molecular weight excluding hydrogens is 536 g/mol. The molecule has 2 aromatic carbocycles. The summed E-state index contributed by atoms with van der Waals surface area (Å²) in [5, 5.41) is 13.2. The first kappa shape index (κ1) is 26.4. The second-order valence-corrected chi connectivity index (χ2v) is 9.75. The number of rotatable bonds is 9. The van der Waals surface area contributed by atoms with E-state index in [1.54, 1.807) is 13.0 Å². The highest BCUT2D eigenvalue weighted by atomic mass is 79.9. The van der Waals surface area contributed by atoms with Gasteiger partial charge in [0.15, 0.2) is 0 Å². The largest absolute Gasteiger partial charge is 0.478 e. The Morgan fingerprint density at radius 1 is 1.16 bits per heavy atom. The first-order chi connectivity index (χ1) is 17.7. The fourth-order valence-corrected chi connectivity index (χ4v) is 5.43. The molecule has 0 bridgehead atoms. The van der Waals surface area contributed by atoms with Crippen molar-refractivity contribution in [1.82, 2.24) is 9.47 Å². The smallest absolute Gasteiger partial charge is 0.338 e. The number of carboxylic acid groups (broad SMARTS) is 1. The van der Waals surface area contributed by atoms with E-state index in [0.29, 0.717) is 52.4 Å². The molecule has 3 aromatic rings. The fraction of sp³-hybridized carbons (Fsp3) is 0.250. The van der Waals surface area contributed by atoms with Crippen LogP contribution in [0.5, 0.6) is 0 Å². The quantitative estimate of drug-likeness (QED) is 0.311. The van der Waals surface area contributed by atoms with Crippen LogP contribution in [0.1, 0.15) is 53.7 Å². The highest BCUT2D eigenvalue weighted by Gasteiger charge is 2.33. The number of nitrogens with one attached hydrogen (secondary N) is 1. The Morgan fingerprint density at radius 3 is 2.43 bits per heavy atom. The van der Waals surface area contributed by atoms with Crippen LogP contribution in [0, 0.1) is 6.92 Å². The van der Waals surface area contributed by atoms with Crippen molar-refractivity contribution in [2.45, 2.75) is 33.4 Å². The number of halogens is 1. The predicted molar refractivity (Wildman–Crippen MR) is 148 cm³/mol. The maximum absolute atomic E-state index is 13.1. The third-order valence-corrected chi connectivity index (χ3v) is 7.22. The van der Waals surface area contributed by atoms with Crippen molar-refractivity contribution in [3.8, 4) is 11.1 Å². The van der Waals surface area contributed by atoms with Crippen LogP contribution < -0.4 is 11.1 Å². The monoisotopic (exact) mass is 564 g/mol. The van der Waals surface area contributed by atoms with E-state index in [-0.39, 0.29) is 17.9 Å². The Hall–Kier alpha value is -3.69. The van der Waals surface area contributed by atoms with Crippen LogP contribution in [0.25, 0.3) is 22.8 Å². The number of hydrogen-bond acceptors (Lipinski definition) is 4. The minimum Gasteiger partial charge on any atom is -0.478 e. The standard InChI is InChI=1S/C28H29BrN4O4/c1-4-32(5-2)24(15-23(30)34)33-16(3)25(28(36)37)26(17-9-7-6-8-10-17)22(33)14-20-19-13-18(29)11-12-21(19)31-27(20)35/h6-14,24H,4-5,15H2,1-3H3,(H2,30,34)(H,31,35)(H,36,37). The molecule has 0 fully saturated rings. The number of carbonyl (C=O) groups excluding carboxylic acids is 2. The molecule has 8 nitrogen and oxygen atoms in total. The molecule has 9 heteroatoms. The molecule has 1 aliphatic rings. The lowest BCUT2D eigenvalue weighted by Gasteiger charge is -2.32. The molecular formula is C28H29BrN4O4. The number of amides is 2. The van der Waals surface area contributed by atoms with E-state index in [4.69, 9.17) is 5.73 Å². The van der Waals surface area contributed by atoms with Gasteiger partial charge in [0.25, 0.3) is 5.91 Å². The van der Waals surface area contributed by atoms with Crippen molar-refractivity contribution in [2.24, 2.45) is 5.73 Å². The van der Waals surface area contributed by atoms with Crippen molar-refractivity contribution in [1.29, 1.82) is 0 Å². The normalized spacial score (nSPS) is 14.6. The van der Waals surface area contributed by atoms with Crippen LogP contribution in [0.2, 0.25) is 0 Å². The van der Waals surface area contributed by atoms with E-state index < -0.39 is 18.0 Å². The minimum absolute atomic E-state index is 0.0189. The van der Waals surface area contributed by atoms with Gasteiger partial charge in [0.05, 0.1) is 29.4 Å². The number of primary amides is 1. The SMILES string of the molecule is CCN(CC)C(CC(N)=O)n1c(C)c(C(=O)O)c(-c2ccccc2)c1C=C1C(=O)Nc2ccc(Br)cc21. The molecule has 0 radical (unpaired) electrons. The summed E-state index contributed by atoms with van der Waals surface area (Å²) in [5.41, 5.74) is 9.76. The second-order valence-electron chi connectivity index (χ2n) is 8.84. The summed E-state index contributed by atoms with van der Waals surface area (Å²) >= 11 is 3.48. The second kappa shape index (κ2) is 10.7. The highest BCUT2D eigenvalue weighted by Crippen LogP contribution is 2.41. The number of hydrogen-bond donors (Lipinski definition) is 3. The van der Waals surface area contributed by atoms with Crippen LogP contribution in [-0.2, 0) is 9.59 Å². The van der Waals surface area contributed by atoms with Crippen LogP contribution in [0.15, 0.2) is 53.0 Å². The molecule has 0 saturated heterocycles. The molecule has 0 spiro atoms. The van der Waals surface area contributed by atoms with Crippen LogP contribution in [-0.4, -0.2) is 45.4 Å². The van der Waals surface area contributed by atoms with Crippen molar-refractivity contribution < 1.29 is 19.5 Å². The number of fused-ring (bicyclic) bond motifs is 1. The van der Waals surface area contributed by atoms with Crippen LogP contribution >= 0.6 is 15.9 Å². The molecule has 1 aromatic heterocycles. The molecule has 2 heterocycles. The van der Waals surface area contributed by atoms with E-state index in [1.165, 1.54) is 0 Å². The average molecular weight is 565 g/mol. The summed E-state index contributed by atoms with van der Waals surface area (Å²) < 4.78 is 2.66. The molecule has 0 saturated carbocycles. The van der Waals surface area contributed by atoms with Gasteiger partial charge in [0.1, 0.15) is 0 Å². The zero-order chi connectivity index (χ0) is 26.9. The molecule has 192 valence electrons. The van der Waals surface area contributed by atoms with Crippen molar-refractivity contribution in [3.63, 3.8) is 0 Å². The number of nitrogens with zero attached hydrogens (tertiary/aromatic N) is 2. The van der Waals surface area contributed by atoms with E-state index in [1.807, 2.05) is 66.9 Å². The number of carbonyl (C=O) groups is 3. The Balaban J connectivity index is 2.12. The molecule has 37 heavy (non-hydrogen) atoms. The van der Waals surface area contributed by atoms with Gasteiger partial charge in [-0.2, -0.15) is 0 Å². The first-order valence-corrected chi connectivity index (χ1v) is 12.9. The van der Waals surface area contributed by atoms with E-state index >= 15 is 0 Å². The van der Waals surface area contributed by atoms with E-state index in [2.05, 4.69) is 26.1 Å². The lowest BCUT2D eigenvalue weighted by Crippen LogP contribution is -2.36. The number of aromatic carboxylic acids is 1. The lowest BCUT2D eigenvalue weighted by atomic mass is 9.98. The van der Waals surface area contributed by atoms with Gasteiger partial charge in [-0.15, -0.1) is 0 Å². The van der Waals surface area contributed by atoms with Crippen molar-refractivity contribution >= 4 is 51.1 Å². The van der Waals surface area contributed by atoms with Crippen molar-refractivity contribution in [3.05, 3.63) is 75.5 Å². The van der Waals surface area contributed by atoms with Gasteiger partial charge in [-0.3, -0.25) is 14.5 Å². The predicted octanol–water partition coefficient (Wildman–Crippen LogP) is 5.13. The van der Waals surface area contributed by atoms with Crippen molar-refractivity contribution in [2.75, 3.05) is 18.4 Å². The summed E-state index contributed by atoms with van der Waals surface area (Å²) in [7, 11) is 0. The summed E-state index contributed by atoms with van der Waals surface area (Å²) in [4.78, 5) is 40.0. The topological polar surface area (TPSA) is 118 Å². The molecule has 1 atom stereocenters. The van der Waals surface area contributed by atoms with Gasteiger partial charge in [0, 0.05) is 27.0 Å². The van der Waals surface area contributed by atoms with Gasteiger partial charge in [-0.1, -0.05) is 60.1 Å². The number of benzene rings is 2. The number of nitrogens with two attached hydrogens (primary N) is 1. The Bertz CT molecular complexity index is 1410. The Labute approximate surface area is 223 Å². The Morgan fingerprint density at radius 2 is 1.84 bits per heavy atom. The first-order valence-electron chi connectivity index (χ1n) is 12.1.